The van der Waals surface area contributed by atoms with Crippen molar-refractivity contribution in [2.45, 2.75) is 12.5 Å². The summed E-state index contributed by atoms with van der Waals surface area (Å²) in [6, 6.07) is 14.5. The highest BCUT2D eigenvalue weighted by atomic mass is 127. The molecule has 4 nitrogen and oxygen atoms in total. The van der Waals surface area contributed by atoms with Gasteiger partial charge < -0.3 is 14.0 Å². The summed E-state index contributed by atoms with van der Waals surface area (Å²) in [5.41, 5.74) is 2.64. The molecule has 2 aromatic carbocycles. The molecule has 0 heterocycles. The molecule has 0 aliphatic rings. The maximum Gasteiger partial charge on any atom is 0.305 e. The third-order valence-electron chi connectivity index (χ3n) is 3.01. The van der Waals surface area contributed by atoms with Gasteiger partial charge in [0.2, 0.25) is 0 Å². The lowest BCUT2D eigenvalue weighted by atomic mass is 10.0. The first-order chi connectivity index (χ1) is 10.1. The fourth-order valence-corrected chi connectivity index (χ4v) is 2.60. The van der Waals surface area contributed by atoms with Crippen LogP contribution in [0.5, 0.6) is 0 Å². The Hall–Kier alpha value is -1.47. The van der Waals surface area contributed by atoms with E-state index in [-0.39, 0.29) is 12.5 Å². The van der Waals surface area contributed by atoms with Gasteiger partial charge in [-0.2, -0.15) is 0 Å². The van der Waals surface area contributed by atoms with Crippen molar-refractivity contribution in [3.63, 3.8) is 0 Å². The normalized spacial score (nSPS) is 11.7. The largest absolute Gasteiger partial charge is 0.481 e. The minimum Gasteiger partial charge on any atom is -0.481 e. The molecule has 0 spiro atoms. The van der Waals surface area contributed by atoms with Crippen LogP contribution in [-0.2, 0) is 4.79 Å². The van der Waals surface area contributed by atoms with E-state index in [9.17, 15) is 4.79 Å². The highest BCUT2D eigenvalue weighted by Gasteiger charge is 2.16. The number of carboxylic acids is 1. The van der Waals surface area contributed by atoms with Crippen LogP contribution in [0, 0.1) is 0 Å². The molecule has 0 saturated heterocycles. The van der Waals surface area contributed by atoms with Crippen LogP contribution < -0.4 is 8.85 Å². The van der Waals surface area contributed by atoms with E-state index < -0.39 is 5.97 Å². The van der Waals surface area contributed by atoms with Gasteiger partial charge >= 0.3 is 5.97 Å². The first-order valence-electron chi connectivity index (χ1n) is 6.29. The Kier molecular flexibility index (Phi) is 5.69. The Labute approximate surface area is 142 Å². The first kappa shape index (κ1) is 15.9. The maximum atomic E-state index is 11.1. The molecule has 0 aliphatic heterocycles. The second-order valence-corrected chi connectivity index (χ2v) is 5.46. The van der Waals surface area contributed by atoms with E-state index in [0.29, 0.717) is 5.02 Å². The van der Waals surface area contributed by atoms with Crippen LogP contribution in [0.25, 0.3) is 0 Å². The van der Waals surface area contributed by atoms with Gasteiger partial charge in [-0.25, -0.2) is 0 Å². The number of anilines is 2. The van der Waals surface area contributed by atoms with Crippen molar-refractivity contribution in [3.8, 4) is 0 Å². The second-order valence-electron chi connectivity index (χ2n) is 4.49. The molecule has 110 valence electrons. The molecule has 0 amide bonds. The topological polar surface area (TPSA) is 61.4 Å². The number of benzene rings is 2. The van der Waals surface area contributed by atoms with Gasteiger partial charge in [-0.3, -0.25) is 4.79 Å². The van der Waals surface area contributed by atoms with Crippen LogP contribution in [0.2, 0.25) is 5.02 Å². The van der Waals surface area contributed by atoms with Gasteiger partial charge in [0.1, 0.15) is 0 Å². The van der Waals surface area contributed by atoms with Crippen molar-refractivity contribution in [2.24, 2.45) is 0 Å². The predicted molar refractivity (Wildman–Crippen MR) is 94.2 cm³/mol. The molecular formula is C15H14ClIN2O2. The fraction of sp³-hybridized carbons (Fsp3) is 0.133. The molecule has 0 bridgehead atoms. The highest BCUT2D eigenvalue weighted by Crippen LogP contribution is 2.29. The molecule has 6 heteroatoms. The van der Waals surface area contributed by atoms with Crippen molar-refractivity contribution >= 4 is 51.8 Å². The maximum absolute atomic E-state index is 11.1. The summed E-state index contributed by atoms with van der Waals surface area (Å²) >= 11 is 7.93. The number of halogens is 2. The predicted octanol–water partition coefficient (Wildman–Crippen LogP) is 4.73. The highest BCUT2D eigenvalue weighted by molar-refractivity contribution is 14.1. The molecule has 0 radical (unpaired) electrons. The molecule has 0 aromatic heterocycles. The van der Waals surface area contributed by atoms with E-state index in [1.807, 2.05) is 59.3 Å². The van der Waals surface area contributed by atoms with Gasteiger partial charge in [0.15, 0.2) is 0 Å². The number of hydrogen-bond acceptors (Lipinski definition) is 3. The SMILES string of the molecule is O=C(O)CC(Nc1ccccc1NI)c1ccc(Cl)cc1. The molecule has 2 rings (SSSR count). The molecular weight excluding hydrogens is 403 g/mol. The van der Waals surface area contributed by atoms with E-state index in [1.54, 1.807) is 12.1 Å². The zero-order chi connectivity index (χ0) is 15.2. The van der Waals surface area contributed by atoms with Gasteiger partial charge in [0.25, 0.3) is 0 Å². The summed E-state index contributed by atoms with van der Waals surface area (Å²) in [6.45, 7) is 0. The third-order valence-corrected chi connectivity index (χ3v) is 3.84. The van der Waals surface area contributed by atoms with Crippen molar-refractivity contribution in [1.82, 2.24) is 0 Å². The van der Waals surface area contributed by atoms with E-state index >= 15 is 0 Å². The van der Waals surface area contributed by atoms with Crippen molar-refractivity contribution in [2.75, 3.05) is 8.85 Å². The molecule has 0 aliphatic carbocycles. The molecule has 1 unspecified atom stereocenters. The summed E-state index contributed by atoms with van der Waals surface area (Å²) in [5, 5.41) is 13.0. The quantitative estimate of drug-likeness (QED) is 0.471. The minimum absolute atomic E-state index is 0.0167. The Balaban J connectivity index is 2.28. The molecule has 0 fully saturated rings. The van der Waals surface area contributed by atoms with E-state index in [1.165, 1.54) is 0 Å². The lowest BCUT2D eigenvalue weighted by molar-refractivity contribution is -0.137. The summed E-state index contributed by atoms with van der Waals surface area (Å²) in [7, 11) is 0. The smallest absolute Gasteiger partial charge is 0.305 e. The van der Waals surface area contributed by atoms with Gasteiger partial charge in [0, 0.05) is 5.02 Å². The number of carboxylic acid groups (broad SMARTS) is 1. The first-order valence-corrected chi connectivity index (χ1v) is 7.75. The number of aliphatic carboxylic acids is 1. The summed E-state index contributed by atoms with van der Waals surface area (Å²) in [6.07, 6.45) is -0.0167. The Morgan fingerprint density at radius 2 is 1.76 bits per heavy atom. The molecule has 0 saturated carbocycles. The zero-order valence-corrected chi connectivity index (χ0v) is 13.9. The average molecular weight is 417 g/mol. The Morgan fingerprint density at radius 3 is 2.33 bits per heavy atom. The van der Waals surface area contributed by atoms with Crippen molar-refractivity contribution < 1.29 is 9.90 Å². The van der Waals surface area contributed by atoms with Crippen molar-refractivity contribution in [3.05, 3.63) is 59.1 Å². The number of rotatable bonds is 6. The summed E-state index contributed by atoms with van der Waals surface area (Å²) in [4.78, 5) is 11.1. The van der Waals surface area contributed by atoms with Crippen LogP contribution in [0.3, 0.4) is 0 Å². The minimum atomic E-state index is -0.859. The molecule has 2 aromatic rings. The molecule has 3 N–H and O–H groups in total. The number of hydrogen-bond donors (Lipinski definition) is 3. The van der Waals surface area contributed by atoms with E-state index in [0.717, 1.165) is 16.9 Å². The summed E-state index contributed by atoms with van der Waals surface area (Å²) in [5.74, 6) is -0.859. The number of carbonyl (C=O) groups is 1. The van der Waals surface area contributed by atoms with Crippen LogP contribution in [0.1, 0.15) is 18.0 Å². The van der Waals surface area contributed by atoms with Gasteiger partial charge in [-0.15, -0.1) is 0 Å². The van der Waals surface area contributed by atoms with E-state index in [4.69, 9.17) is 16.7 Å². The Bertz CT molecular complexity index is 619. The van der Waals surface area contributed by atoms with Crippen LogP contribution in [0.15, 0.2) is 48.5 Å². The average Bonchev–Trinajstić information content (AvgIpc) is 2.47. The van der Waals surface area contributed by atoms with Crippen LogP contribution >= 0.6 is 34.5 Å². The zero-order valence-electron chi connectivity index (χ0n) is 11.0. The summed E-state index contributed by atoms with van der Waals surface area (Å²) < 4.78 is 3.05. The third kappa shape index (κ3) is 4.50. The van der Waals surface area contributed by atoms with Crippen LogP contribution in [-0.4, -0.2) is 11.1 Å². The number of para-hydroxylation sites is 2. The Morgan fingerprint density at radius 1 is 1.14 bits per heavy atom. The van der Waals surface area contributed by atoms with Gasteiger partial charge in [-0.1, -0.05) is 35.9 Å². The monoisotopic (exact) mass is 416 g/mol. The number of nitrogens with one attached hydrogen (secondary N) is 2. The van der Waals surface area contributed by atoms with Gasteiger partial charge in [0.05, 0.1) is 46.7 Å². The molecule has 21 heavy (non-hydrogen) atoms. The van der Waals surface area contributed by atoms with Crippen molar-refractivity contribution in [1.29, 1.82) is 0 Å². The second kappa shape index (κ2) is 7.51. The van der Waals surface area contributed by atoms with E-state index in [2.05, 4.69) is 8.85 Å². The van der Waals surface area contributed by atoms with Gasteiger partial charge in [-0.05, 0) is 29.8 Å². The van der Waals surface area contributed by atoms with Crippen LogP contribution in [0.4, 0.5) is 11.4 Å². The molecule has 1 atom stereocenters. The fourth-order valence-electron chi connectivity index (χ4n) is 2.00. The lowest BCUT2D eigenvalue weighted by Crippen LogP contribution is -2.15. The standard InChI is InChI=1S/C15H14ClIN2O2/c16-11-7-5-10(6-8-11)14(9-15(20)21)18-12-3-1-2-4-13(12)19-17/h1-8,14,18-19H,9H2,(H,20,21). The lowest BCUT2D eigenvalue weighted by Gasteiger charge is -2.20.